The summed E-state index contributed by atoms with van der Waals surface area (Å²) < 4.78 is 38.4. The lowest BCUT2D eigenvalue weighted by atomic mass is 9.95. The van der Waals surface area contributed by atoms with Gasteiger partial charge in [0.1, 0.15) is 0 Å². The highest BCUT2D eigenvalue weighted by Gasteiger charge is 2.31. The molecule has 5 heteroatoms. The van der Waals surface area contributed by atoms with Gasteiger partial charge in [0, 0.05) is 11.1 Å². The maximum Gasteiger partial charge on any atom is 0.416 e. The van der Waals surface area contributed by atoms with Gasteiger partial charge in [-0.1, -0.05) is 30.5 Å². The van der Waals surface area contributed by atoms with Crippen molar-refractivity contribution >= 4 is 22.5 Å². The summed E-state index contributed by atoms with van der Waals surface area (Å²) in [5, 5.41) is 1.19. The van der Waals surface area contributed by atoms with Crippen LogP contribution in [-0.2, 0) is 19.0 Å². The van der Waals surface area contributed by atoms with Crippen LogP contribution >= 0.6 is 11.6 Å². The minimum Gasteiger partial charge on any atom is -0.252 e. The van der Waals surface area contributed by atoms with E-state index >= 15 is 0 Å². The largest absolute Gasteiger partial charge is 0.416 e. The van der Waals surface area contributed by atoms with Crippen LogP contribution < -0.4 is 0 Å². The number of aryl methyl sites for hydroxylation is 1. The normalized spacial score (nSPS) is 16.4. The van der Waals surface area contributed by atoms with E-state index in [1.54, 1.807) is 0 Å². The third kappa shape index (κ3) is 2.86. The average molecular weight is 314 g/mol. The molecule has 0 saturated carbocycles. The molecule has 112 valence electrons. The number of aromatic nitrogens is 1. The van der Waals surface area contributed by atoms with Crippen molar-refractivity contribution in [3.05, 3.63) is 40.0 Å². The lowest BCUT2D eigenvalue weighted by molar-refractivity contribution is -0.137. The number of hydrogen-bond acceptors (Lipinski definition) is 1. The molecule has 1 heterocycles. The van der Waals surface area contributed by atoms with Crippen LogP contribution in [0.2, 0.25) is 5.02 Å². The van der Waals surface area contributed by atoms with Gasteiger partial charge < -0.3 is 0 Å². The van der Waals surface area contributed by atoms with Crippen molar-refractivity contribution in [2.75, 3.05) is 0 Å². The number of alkyl halides is 3. The fraction of sp³-hybridized carbons (Fsp3) is 0.438. The summed E-state index contributed by atoms with van der Waals surface area (Å²) in [4.78, 5) is 4.47. The zero-order chi connectivity index (χ0) is 15.0. The molecule has 0 amide bonds. The van der Waals surface area contributed by atoms with E-state index in [-0.39, 0.29) is 0 Å². The van der Waals surface area contributed by atoms with Gasteiger partial charge in [0.05, 0.1) is 16.1 Å². The standard InChI is InChI=1S/C16H15ClF3N/c17-15-11-5-3-1-2-4-6-13(11)21-14-9-10(16(18,19)20)7-8-12(14)15/h7-9H,1-6H2. The maximum absolute atomic E-state index is 12.8. The molecule has 1 aliphatic carbocycles. The Balaban J connectivity index is 2.18. The molecular formula is C16H15ClF3N. The van der Waals surface area contributed by atoms with Crippen molar-refractivity contribution in [2.45, 2.75) is 44.7 Å². The third-order valence-corrected chi connectivity index (χ3v) is 4.45. The first-order valence-corrected chi connectivity index (χ1v) is 7.53. The monoisotopic (exact) mass is 313 g/mol. The SMILES string of the molecule is FC(F)(F)c1ccc2c(Cl)c3c(nc2c1)CCCCCC3. The van der Waals surface area contributed by atoms with Gasteiger partial charge >= 0.3 is 6.18 Å². The van der Waals surface area contributed by atoms with Gasteiger partial charge in [-0.3, -0.25) is 4.98 Å². The minimum atomic E-state index is -4.35. The van der Waals surface area contributed by atoms with Gasteiger partial charge in [-0.2, -0.15) is 13.2 Å². The van der Waals surface area contributed by atoms with Gasteiger partial charge in [0.15, 0.2) is 0 Å². The molecule has 1 aromatic heterocycles. The number of rotatable bonds is 0. The molecule has 0 unspecified atom stereocenters. The second-order valence-electron chi connectivity index (χ2n) is 5.49. The molecule has 0 aliphatic heterocycles. The lowest BCUT2D eigenvalue weighted by Gasteiger charge is -2.17. The number of hydrogen-bond donors (Lipinski definition) is 0. The van der Waals surface area contributed by atoms with Gasteiger partial charge in [0.25, 0.3) is 0 Å². The van der Waals surface area contributed by atoms with E-state index in [4.69, 9.17) is 11.6 Å². The third-order valence-electron chi connectivity index (χ3n) is 4.02. The topological polar surface area (TPSA) is 12.9 Å². The van der Waals surface area contributed by atoms with E-state index in [1.807, 2.05) is 0 Å². The van der Waals surface area contributed by atoms with Crippen molar-refractivity contribution in [3.63, 3.8) is 0 Å². The Hall–Kier alpha value is -1.29. The molecule has 0 fully saturated rings. The molecule has 0 spiro atoms. The van der Waals surface area contributed by atoms with Gasteiger partial charge in [-0.25, -0.2) is 0 Å². The molecule has 0 N–H and O–H groups in total. The second-order valence-corrected chi connectivity index (χ2v) is 5.87. The van der Waals surface area contributed by atoms with E-state index in [0.29, 0.717) is 15.9 Å². The van der Waals surface area contributed by atoms with E-state index in [1.165, 1.54) is 12.5 Å². The Kier molecular flexibility index (Phi) is 3.82. The lowest BCUT2D eigenvalue weighted by Crippen LogP contribution is -2.07. The average Bonchev–Trinajstić information content (AvgIpc) is 2.39. The molecule has 1 aromatic carbocycles. The van der Waals surface area contributed by atoms with Crippen LogP contribution in [0, 0.1) is 0 Å². The summed E-state index contributed by atoms with van der Waals surface area (Å²) >= 11 is 6.43. The quantitative estimate of drug-likeness (QED) is 0.620. The summed E-state index contributed by atoms with van der Waals surface area (Å²) in [6.07, 6.45) is 1.67. The number of nitrogens with zero attached hydrogens (tertiary/aromatic N) is 1. The zero-order valence-corrected chi connectivity index (χ0v) is 12.2. The fourth-order valence-corrected chi connectivity index (χ4v) is 3.26. The van der Waals surface area contributed by atoms with Crippen LogP contribution in [0.3, 0.4) is 0 Å². The second kappa shape index (κ2) is 5.48. The molecule has 3 rings (SSSR count). The van der Waals surface area contributed by atoms with Crippen molar-refractivity contribution < 1.29 is 13.2 Å². The first kappa shape index (κ1) is 14.6. The Morgan fingerprint density at radius 1 is 1.00 bits per heavy atom. The highest BCUT2D eigenvalue weighted by Crippen LogP contribution is 2.35. The molecule has 0 atom stereocenters. The number of benzene rings is 1. The first-order chi connectivity index (χ1) is 9.97. The summed E-state index contributed by atoms with van der Waals surface area (Å²) in [6.45, 7) is 0. The van der Waals surface area contributed by atoms with Gasteiger partial charge in [0.2, 0.25) is 0 Å². The van der Waals surface area contributed by atoms with Crippen LogP contribution in [-0.4, -0.2) is 4.98 Å². The van der Waals surface area contributed by atoms with Crippen LogP contribution in [0.15, 0.2) is 18.2 Å². The molecular weight excluding hydrogens is 299 g/mol. The van der Waals surface area contributed by atoms with Gasteiger partial charge in [-0.15, -0.1) is 0 Å². The van der Waals surface area contributed by atoms with E-state index in [9.17, 15) is 13.2 Å². The minimum absolute atomic E-state index is 0.342. The van der Waals surface area contributed by atoms with Crippen molar-refractivity contribution in [1.82, 2.24) is 4.98 Å². The molecule has 0 radical (unpaired) electrons. The molecule has 21 heavy (non-hydrogen) atoms. The van der Waals surface area contributed by atoms with E-state index < -0.39 is 11.7 Å². The van der Waals surface area contributed by atoms with Gasteiger partial charge in [-0.05, 0) is 43.4 Å². The highest BCUT2D eigenvalue weighted by atomic mass is 35.5. The number of fused-ring (bicyclic) bond motifs is 2. The Bertz CT molecular complexity index is 679. The van der Waals surface area contributed by atoms with Crippen molar-refractivity contribution in [3.8, 4) is 0 Å². The van der Waals surface area contributed by atoms with Crippen molar-refractivity contribution in [1.29, 1.82) is 0 Å². The summed E-state index contributed by atoms with van der Waals surface area (Å²) in [5.41, 5.74) is 1.55. The Morgan fingerprint density at radius 3 is 2.43 bits per heavy atom. The maximum atomic E-state index is 12.8. The fourth-order valence-electron chi connectivity index (χ4n) is 2.90. The Labute approximate surface area is 126 Å². The van der Waals surface area contributed by atoms with E-state index in [2.05, 4.69) is 4.98 Å². The molecule has 0 saturated heterocycles. The van der Waals surface area contributed by atoms with Crippen LogP contribution in [0.1, 0.15) is 42.5 Å². The zero-order valence-electron chi connectivity index (χ0n) is 11.4. The number of halogens is 4. The first-order valence-electron chi connectivity index (χ1n) is 7.15. The smallest absolute Gasteiger partial charge is 0.252 e. The molecule has 0 bridgehead atoms. The van der Waals surface area contributed by atoms with Crippen molar-refractivity contribution in [2.24, 2.45) is 0 Å². The molecule has 2 aromatic rings. The Morgan fingerprint density at radius 2 is 1.71 bits per heavy atom. The summed E-state index contributed by atoms with van der Waals surface area (Å²) in [5.74, 6) is 0. The predicted molar refractivity (Wildman–Crippen MR) is 77.6 cm³/mol. The number of pyridine rings is 1. The van der Waals surface area contributed by atoms with E-state index in [0.717, 1.165) is 55.5 Å². The van der Waals surface area contributed by atoms with Crippen LogP contribution in [0.4, 0.5) is 13.2 Å². The van der Waals surface area contributed by atoms with Crippen LogP contribution in [0.25, 0.3) is 10.9 Å². The highest BCUT2D eigenvalue weighted by molar-refractivity contribution is 6.36. The predicted octanol–water partition coefficient (Wildman–Crippen LogP) is 5.57. The summed E-state index contributed by atoms with van der Waals surface area (Å²) in [6, 6.07) is 3.61. The van der Waals surface area contributed by atoms with Crippen LogP contribution in [0.5, 0.6) is 0 Å². The molecule has 1 aliphatic rings. The summed E-state index contributed by atoms with van der Waals surface area (Å²) in [7, 11) is 0. The molecule has 1 nitrogen and oxygen atoms in total.